The maximum atomic E-state index is 12.7. The molecule has 3 rings (SSSR count). The second-order valence-corrected chi connectivity index (χ2v) is 5.98. The molecule has 3 heterocycles. The van der Waals surface area contributed by atoms with Crippen molar-refractivity contribution in [3.05, 3.63) is 11.4 Å². The Hall–Kier alpha value is -2.05. The van der Waals surface area contributed by atoms with Crippen molar-refractivity contribution in [2.75, 3.05) is 18.8 Å². The van der Waals surface area contributed by atoms with Crippen LogP contribution in [0.1, 0.15) is 35.4 Å². The molecule has 0 saturated carbocycles. The van der Waals surface area contributed by atoms with E-state index in [0.717, 1.165) is 12.8 Å². The van der Waals surface area contributed by atoms with E-state index in [-0.39, 0.29) is 17.9 Å². The van der Waals surface area contributed by atoms with Crippen LogP contribution in [0.5, 0.6) is 0 Å². The molecule has 0 spiro atoms. The van der Waals surface area contributed by atoms with Gasteiger partial charge in [-0.25, -0.2) is 0 Å². The number of carbonyl (C=O) groups is 2. The Morgan fingerprint density at radius 1 is 1.43 bits per heavy atom. The first-order valence-electron chi connectivity index (χ1n) is 7.35. The fourth-order valence-electron chi connectivity index (χ4n) is 3.37. The Kier molecular flexibility index (Phi) is 3.35. The summed E-state index contributed by atoms with van der Waals surface area (Å²) in [7, 11) is 1.74. The van der Waals surface area contributed by atoms with Crippen LogP contribution in [0, 0.1) is 12.8 Å². The monoisotopic (exact) mass is 291 g/mol. The van der Waals surface area contributed by atoms with Crippen LogP contribution in [0.3, 0.4) is 0 Å². The average molecular weight is 291 g/mol. The highest BCUT2D eigenvalue weighted by molar-refractivity contribution is 5.98. The Morgan fingerprint density at radius 3 is 2.86 bits per heavy atom. The van der Waals surface area contributed by atoms with Gasteiger partial charge in [-0.05, 0) is 25.7 Å². The highest BCUT2D eigenvalue weighted by Gasteiger charge is 2.36. The largest absolute Gasteiger partial charge is 0.395 e. The van der Waals surface area contributed by atoms with Gasteiger partial charge in [0.2, 0.25) is 5.91 Å². The van der Waals surface area contributed by atoms with E-state index < -0.39 is 0 Å². The summed E-state index contributed by atoms with van der Waals surface area (Å²) in [6.45, 7) is 3.12. The predicted octanol–water partition coefficient (Wildman–Crippen LogP) is 0.0514. The number of nitrogens with one attached hydrogen (secondary N) is 1. The van der Waals surface area contributed by atoms with E-state index in [1.54, 1.807) is 18.7 Å². The smallest absolute Gasteiger partial charge is 0.274 e. The summed E-state index contributed by atoms with van der Waals surface area (Å²) in [6.07, 6.45) is 2.20. The molecule has 0 bridgehead atoms. The number of carbonyl (C=O) groups excluding carboxylic acids is 2. The maximum Gasteiger partial charge on any atom is 0.274 e. The lowest BCUT2D eigenvalue weighted by Crippen LogP contribution is -2.55. The van der Waals surface area contributed by atoms with Crippen LogP contribution in [0.25, 0.3) is 0 Å². The van der Waals surface area contributed by atoms with Crippen molar-refractivity contribution in [1.82, 2.24) is 20.0 Å². The lowest BCUT2D eigenvalue weighted by Gasteiger charge is -2.41. The number of nitrogens with two attached hydrogens (primary N) is 1. The molecule has 7 nitrogen and oxygen atoms in total. The highest BCUT2D eigenvalue weighted by atomic mass is 16.2. The van der Waals surface area contributed by atoms with Gasteiger partial charge in [0.1, 0.15) is 5.69 Å². The van der Waals surface area contributed by atoms with E-state index in [0.29, 0.717) is 42.5 Å². The van der Waals surface area contributed by atoms with Crippen LogP contribution in [-0.2, 0) is 11.8 Å². The molecular weight excluding hydrogens is 270 g/mol. The van der Waals surface area contributed by atoms with Crippen molar-refractivity contribution in [1.29, 1.82) is 0 Å². The van der Waals surface area contributed by atoms with Crippen molar-refractivity contribution in [3.8, 4) is 0 Å². The number of likely N-dealkylation sites (tertiary alicyclic amines) is 1. The molecule has 3 N–H and O–H groups in total. The van der Waals surface area contributed by atoms with Gasteiger partial charge in [0, 0.05) is 32.6 Å². The average Bonchev–Trinajstić information content (AvgIpc) is 2.71. The van der Waals surface area contributed by atoms with Gasteiger partial charge in [-0.15, -0.1) is 0 Å². The summed E-state index contributed by atoms with van der Waals surface area (Å²) in [5.41, 5.74) is 7.58. The lowest BCUT2D eigenvalue weighted by atomic mass is 9.85. The molecule has 2 saturated heterocycles. The van der Waals surface area contributed by atoms with Crippen LogP contribution < -0.4 is 11.1 Å². The zero-order chi connectivity index (χ0) is 15.1. The number of nitrogen functional groups attached to an aromatic ring is 1. The first kappa shape index (κ1) is 13.9. The molecule has 2 aliphatic rings. The van der Waals surface area contributed by atoms with E-state index in [9.17, 15) is 9.59 Å². The summed E-state index contributed by atoms with van der Waals surface area (Å²) in [4.78, 5) is 26.0. The van der Waals surface area contributed by atoms with Gasteiger partial charge in [-0.1, -0.05) is 0 Å². The summed E-state index contributed by atoms with van der Waals surface area (Å²) in [5, 5.41) is 7.23. The van der Waals surface area contributed by atoms with E-state index in [4.69, 9.17) is 5.73 Å². The first-order chi connectivity index (χ1) is 9.97. The minimum Gasteiger partial charge on any atom is -0.395 e. The molecule has 2 unspecified atom stereocenters. The van der Waals surface area contributed by atoms with Gasteiger partial charge < -0.3 is 16.0 Å². The Labute approximate surface area is 123 Å². The summed E-state index contributed by atoms with van der Waals surface area (Å²) in [5.74, 6) is 0.407. The molecule has 21 heavy (non-hydrogen) atoms. The van der Waals surface area contributed by atoms with Crippen molar-refractivity contribution < 1.29 is 9.59 Å². The van der Waals surface area contributed by atoms with E-state index >= 15 is 0 Å². The van der Waals surface area contributed by atoms with Gasteiger partial charge in [-0.2, -0.15) is 5.10 Å². The molecule has 114 valence electrons. The van der Waals surface area contributed by atoms with Crippen molar-refractivity contribution in [2.45, 2.75) is 32.2 Å². The summed E-state index contributed by atoms with van der Waals surface area (Å²) < 4.78 is 1.56. The first-order valence-corrected chi connectivity index (χ1v) is 7.35. The number of fused-ring (bicyclic) bond motifs is 1. The molecule has 1 aromatic rings. The zero-order valence-electron chi connectivity index (χ0n) is 12.4. The second-order valence-electron chi connectivity index (χ2n) is 5.98. The minimum absolute atomic E-state index is 0.0639. The number of aryl methyl sites for hydroxylation is 2. The van der Waals surface area contributed by atoms with Gasteiger partial charge in [0.15, 0.2) is 0 Å². The summed E-state index contributed by atoms with van der Waals surface area (Å²) in [6, 6.07) is 0.209. The van der Waals surface area contributed by atoms with E-state index in [2.05, 4.69) is 10.4 Å². The topological polar surface area (TPSA) is 93.2 Å². The molecule has 2 aliphatic heterocycles. The third-order valence-corrected chi connectivity index (χ3v) is 4.58. The van der Waals surface area contributed by atoms with Gasteiger partial charge in [-0.3, -0.25) is 14.3 Å². The second kappa shape index (κ2) is 5.05. The number of anilines is 1. The van der Waals surface area contributed by atoms with Gasteiger partial charge in [0.05, 0.1) is 11.4 Å². The normalized spacial score (nSPS) is 25.4. The summed E-state index contributed by atoms with van der Waals surface area (Å²) >= 11 is 0. The number of nitrogens with zero attached hydrogens (tertiary/aromatic N) is 3. The SMILES string of the molecule is Cc1nn(C)c(C(=O)N2CCC3NC(=O)CCC3C2)c1N. The number of rotatable bonds is 1. The van der Waals surface area contributed by atoms with Crippen molar-refractivity contribution >= 4 is 17.5 Å². The fraction of sp³-hybridized carbons (Fsp3) is 0.643. The number of hydrogen-bond donors (Lipinski definition) is 2. The lowest BCUT2D eigenvalue weighted by molar-refractivity contribution is -0.125. The fourth-order valence-corrected chi connectivity index (χ4v) is 3.37. The van der Waals surface area contributed by atoms with Crippen molar-refractivity contribution in [2.24, 2.45) is 13.0 Å². The van der Waals surface area contributed by atoms with Gasteiger partial charge >= 0.3 is 0 Å². The van der Waals surface area contributed by atoms with E-state index in [1.807, 2.05) is 4.90 Å². The van der Waals surface area contributed by atoms with Crippen LogP contribution in [-0.4, -0.2) is 45.6 Å². The molecule has 2 fully saturated rings. The minimum atomic E-state index is -0.0639. The molecule has 2 atom stereocenters. The predicted molar refractivity (Wildman–Crippen MR) is 77.5 cm³/mol. The maximum absolute atomic E-state index is 12.7. The molecule has 2 amide bonds. The third-order valence-electron chi connectivity index (χ3n) is 4.58. The number of piperidine rings is 2. The zero-order valence-corrected chi connectivity index (χ0v) is 12.4. The highest BCUT2D eigenvalue weighted by Crippen LogP contribution is 2.27. The molecule has 1 aromatic heterocycles. The van der Waals surface area contributed by atoms with Crippen LogP contribution in [0.15, 0.2) is 0 Å². The van der Waals surface area contributed by atoms with Crippen LogP contribution >= 0.6 is 0 Å². The Morgan fingerprint density at radius 2 is 2.19 bits per heavy atom. The Balaban J connectivity index is 1.76. The molecule has 0 aliphatic carbocycles. The molecule has 0 aromatic carbocycles. The standard InChI is InChI=1S/C14H21N5O2/c1-8-12(15)13(18(2)17-8)14(21)19-6-5-10-9(7-19)3-4-11(20)16-10/h9-10H,3-7,15H2,1-2H3,(H,16,20). The Bertz CT molecular complexity index is 594. The molecular formula is C14H21N5O2. The van der Waals surface area contributed by atoms with Gasteiger partial charge in [0.25, 0.3) is 5.91 Å². The van der Waals surface area contributed by atoms with Crippen LogP contribution in [0.4, 0.5) is 5.69 Å². The van der Waals surface area contributed by atoms with Crippen molar-refractivity contribution in [3.63, 3.8) is 0 Å². The number of hydrogen-bond acceptors (Lipinski definition) is 4. The number of amides is 2. The van der Waals surface area contributed by atoms with Crippen LogP contribution in [0.2, 0.25) is 0 Å². The quantitative estimate of drug-likeness (QED) is 0.764. The third kappa shape index (κ3) is 2.36. The molecule has 0 radical (unpaired) electrons. The van der Waals surface area contributed by atoms with E-state index in [1.165, 1.54) is 0 Å². The number of aromatic nitrogens is 2. The molecule has 7 heteroatoms.